The van der Waals surface area contributed by atoms with Gasteiger partial charge < -0.3 is 9.84 Å². The van der Waals surface area contributed by atoms with E-state index in [0.717, 1.165) is 0 Å². The van der Waals surface area contributed by atoms with Crippen LogP contribution in [0.15, 0.2) is 18.2 Å². The van der Waals surface area contributed by atoms with Gasteiger partial charge in [-0.3, -0.25) is 4.79 Å². The van der Waals surface area contributed by atoms with Gasteiger partial charge in [0.25, 0.3) is 5.92 Å². The minimum absolute atomic E-state index is 0.134. The molecule has 1 aromatic carbocycles. The molecular weight excluding hydrogens is 254 g/mol. The first-order valence-electron chi connectivity index (χ1n) is 4.76. The Bertz CT molecular complexity index is 421. The fourth-order valence-corrected chi connectivity index (χ4v) is 1.60. The van der Waals surface area contributed by atoms with Gasteiger partial charge in [-0.25, -0.2) is 8.78 Å². The molecule has 17 heavy (non-hydrogen) atoms. The molecule has 94 valence electrons. The summed E-state index contributed by atoms with van der Waals surface area (Å²) < 4.78 is 31.4. The van der Waals surface area contributed by atoms with Crippen LogP contribution in [-0.2, 0) is 11.2 Å². The zero-order valence-corrected chi connectivity index (χ0v) is 9.80. The number of benzene rings is 1. The molecule has 0 spiro atoms. The van der Waals surface area contributed by atoms with E-state index in [1.165, 1.54) is 25.3 Å². The standard InChI is InChI=1S/C11H11ClF2O3/c1-17-8-3-2-7(9(12)4-8)5-11(13,14)6-10(15)16/h2-4H,5-6H2,1H3,(H,15,16). The normalized spacial score (nSPS) is 11.3. The van der Waals surface area contributed by atoms with Crippen molar-refractivity contribution in [2.45, 2.75) is 18.8 Å². The maximum atomic E-state index is 13.3. The largest absolute Gasteiger partial charge is 0.497 e. The van der Waals surface area contributed by atoms with Crippen molar-refractivity contribution in [3.63, 3.8) is 0 Å². The van der Waals surface area contributed by atoms with Crippen LogP contribution < -0.4 is 4.74 Å². The van der Waals surface area contributed by atoms with Gasteiger partial charge in [0, 0.05) is 11.4 Å². The van der Waals surface area contributed by atoms with Crippen LogP contribution in [0.3, 0.4) is 0 Å². The number of carbonyl (C=O) groups is 1. The number of hydrogen-bond acceptors (Lipinski definition) is 2. The number of methoxy groups -OCH3 is 1. The van der Waals surface area contributed by atoms with Gasteiger partial charge >= 0.3 is 5.97 Å². The van der Waals surface area contributed by atoms with Crippen molar-refractivity contribution in [1.82, 2.24) is 0 Å². The van der Waals surface area contributed by atoms with E-state index in [2.05, 4.69) is 0 Å². The molecule has 1 N–H and O–H groups in total. The van der Waals surface area contributed by atoms with Gasteiger partial charge in [-0.05, 0) is 17.7 Å². The summed E-state index contributed by atoms with van der Waals surface area (Å²) in [5.74, 6) is -4.40. The second-order valence-corrected chi connectivity index (χ2v) is 3.97. The van der Waals surface area contributed by atoms with Crippen LogP contribution in [0, 0.1) is 0 Å². The Morgan fingerprint density at radius 3 is 2.65 bits per heavy atom. The Morgan fingerprint density at radius 1 is 1.53 bits per heavy atom. The molecule has 0 aliphatic carbocycles. The van der Waals surface area contributed by atoms with Crippen LogP contribution >= 0.6 is 11.6 Å². The van der Waals surface area contributed by atoms with Crippen LogP contribution in [0.5, 0.6) is 5.75 Å². The minimum atomic E-state index is -3.32. The zero-order chi connectivity index (χ0) is 13.1. The summed E-state index contributed by atoms with van der Waals surface area (Å²) in [4.78, 5) is 10.3. The molecule has 0 heterocycles. The number of halogens is 3. The summed E-state index contributed by atoms with van der Waals surface area (Å²) in [6.07, 6.45) is -1.92. The summed E-state index contributed by atoms with van der Waals surface area (Å²) in [6.45, 7) is 0. The Hall–Kier alpha value is -1.36. The lowest BCUT2D eigenvalue weighted by atomic mass is 10.0. The highest BCUT2D eigenvalue weighted by Crippen LogP contribution is 2.29. The Balaban J connectivity index is 2.84. The molecule has 0 saturated carbocycles. The van der Waals surface area contributed by atoms with Crippen molar-refractivity contribution in [1.29, 1.82) is 0 Å². The van der Waals surface area contributed by atoms with E-state index in [9.17, 15) is 13.6 Å². The van der Waals surface area contributed by atoms with Gasteiger partial charge in [0.15, 0.2) is 0 Å². The van der Waals surface area contributed by atoms with E-state index in [4.69, 9.17) is 21.4 Å². The lowest BCUT2D eigenvalue weighted by molar-refractivity contribution is -0.144. The fraction of sp³-hybridized carbons (Fsp3) is 0.364. The van der Waals surface area contributed by atoms with Crippen LogP contribution in [0.2, 0.25) is 5.02 Å². The van der Waals surface area contributed by atoms with Gasteiger partial charge in [-0.1, -0.05) is 17.7 Å². The second-order valence-electron chi connectivity index (χ2n) is 3.56. The molecule has 0 aromatic heterocycles. The summed E-state index contributed by atoms with van der Waals surface area (Å²) in [5.41, 5.74) is 0.193. The summed E-state index contributed by atoms with van der Waals surface area (Å²) in [5, 5.41) is 8.48. The quantitative estimate of drug-likeness (QED) is 0.889. The van der Waals surface area contributed by atoms with Crippen molar-refractivity contribution in [3.8, 4) is 5.75 Å². The fourth-order valence-electron chi connectivity index (χ4n) is 1.36. The monoisotopic (exact) mass is 264 g/mol. The topological polar surface area (TPSA) is 46.5 Å². The molecule has 0 fully saturated rings. The molecule has 0 bridgehead atoms. The maximum Gasteiger partial charge on any atom is 0.309 e. The number of carboxylic acids is 1. The van der Waals surface area contributed by atoms with Crippen molar-refractivity contribution in [3.05, 3.63) is 28.8 Å². The summed E-state index contributed by atoms with van der Waals surface area (Å²) in [6, 6.07) is 4.31. The Kier molecular flexibility index (Phi) is 4.28. The first-order chi connectivity index (χ1) is 7.84. The number of alkyl halides is 2. The van der Waals surface area contributed by atoms with Crippen molar-refractivity contribution in [2.24, 2.45) is 0 Å². The van der Waals surface area contributed by atoms with Gasteiger partial charge in [-0.15, -0.1) is 0 Å². The highest BCUT2D eigenvalue weighted by Gasteiger charge is 2.33. The molecule has 0 radical (unpaired) electrons. The lowest BCUT2D eigenvalue weighted by Gasteiger charge is -2.15. The molecule has 0 unspecified atom stereocenters. The van der Waals surface area contributed by atoms with E-state index in [-0.39, 0.29) is 10.6 Å². The number of carboxylic acid groups (broad SMARTS) is 1. The summed E-state index contributed by atoms with van der Waals surface area (Å²) in [7, 11) is 1.43. The van der Waals surface area contributed by atoms with E-state index < -0.39 is 24.7 Å². The highest BCUT2D eigenvalue weighted by atomic mass is 35.5. The van der Waals surface area contributed by atoms with Crippen LogP contribution in [0.4, 0.5) is 8.78 Å². The highest BCUT2D eigenvalue weighted by molar-refractivity contribution is 6.31. The van der Waals surface area contributed by atoms with E-state index >= 15 is 0 Å². The molecule has 3 nitrogen and oxygen atoms in total. The van der Waals surface area contributed by atoms with Crippen LogP contribution in [0.1, 0.15) is 12.0 Å². The first-order valence-corrected chi connectivity index (χ1v) is 5.14. The van der Waals surface area contributed by atoms with E-state index in [0.29, 0.717) is 5.75 Å². The molecule has 0 amide bonds. The average Bonchev–Trinajstić information content (AvgIpc) is 2.18. The zero-order valence-electron chi connectivity index (χ0n) is 9.04. The number of ether oxygens (including phenoxy) is 1. The molecule has 0 aliphatic rings. The molecule has 1 rings (SSSR count). The van der Waals surface area contributed by atoms with Gasteiger partial charge in [0.1, 0.15) is 12.2 Å². The summed E-state index contributed by atoms with van der Waals surface area (Å²) >= 11 is 5.79. The van der Waals surface area contributed by atoms with Crippen LogP contribution in [0.25, 0.3) is 0 Å². The maximum absolute atomic E-state index is 13.3. The van der Waals surface area contributed by atoms with Crippen molar-refractivity contribution < 1.29 is 23.4 Å². The number of rotatable bonds is 5. The van der Waals surface area contributed by atoms with E-state index in [1.807, 2.05) is 0 Å². The second kappa shape index (κ2) is 5.31. The molecule has 0 saturated heterocycles. The molecule has 1 aromatic rings. The van der Waals surface area contributed by atoms with Crippen LogP contribution in [-0.4, -0.2) is 24.1 Å². The third-order valence-corrected chi connectivity index (χ3v) is 2.47. The van der Waals surface area contributed by atoms with E-state index in [1.54, 1.807) is 0 Å². The molecular formula is C11H11ClF2O3. The van der Waals surface area contributed by atoms with Gasteiger partial charge in [-0.2, -0.15) is 0 Å². The lowest BCUT2D eigenvalue weighted by Crippen LogP contribution is -2.23. The molecule has 0 atom stereocenters. The number of aliphatic carboxylic acids is 1. The Labute approximate surface area is 102 Å². The predicted molar refractivity (Wildman–Crippen MR) is 58.9 cm³/mol. The number of hydrogen-bond donors (Lipinski definition) is 1. The first kappa shape index (κ1) is 13.7. The van der Waals surface area contributed by atoms with Gasteiger partial charge in [0.2, 0.25) is 0 Å². The predicted octanol–water partition coefficient (Wildman–Crippen LogP) is 3.00. The molecule has 6 heteroatoms. The minimum Gasteiger partial charge on any atom is -0.497 e. The SMILES string of the molecule is COc1ccc(CC(F)(F)CC(=O)O)c(Cl)c1. The molecule has 0 aliphatic heterocycles. The Morgan fingerprint density at radius 2 is 2.18 bits per heavy atom. The third kappa shape index (κ3) is 4.19. The smallest absolute Gasteiger partial charge is 0.309 e. The van der Waals surface area contributed by atoms with Crippen molar-refractivity contribution in [2.75, 3.05) is 7.11 Å². The average molecular weight is 265 g/mol. The van der Waals surface area contributed by atoms with Crippen molar-refractivity contribution >= 4 is 17.6 Å². The van der Waals surface area contributed by atoms with Gasteiger partial charge in [0.05, 0.1) is 7.11 Å². The third-order valence-electron chi connectivity index (χ3n) is 2.12.